The molecule has 2 rings (SSSR count). The van der Waals surface area contributed by atoms with Crippen LogP contribution >= 0.6 is 11.6 Å². The van der Waals surface area contributed by atoms with Crippen LogP contribution in [0.3, 0.4) is 0 Å². The normalized spacial score (nSPS) is 11.5. The van der Waals surface area contributed by atoms with Gasteiger partial charge in [0.25, 0.3) is 5.91 Å². The van der Waals surface area contributed by atoms with Gasteiger partial charge < -0.3 is 14.8 Å². The summed E-state index contributed by atoms with van der Waals surface area (Å²) in [6, 6.07) is 16.4. The highest BCUT2D eigenvalue weighted by atomic mass is 35.5. The van der Waals surface area contributed by atoms with Crippen molar-refractivity contribution in [3.63, 3.8) is 0 Å². The van der Waals surface area contributed by atoms with E-state index >= 15 is 0 Å². The second kappa shape index (κ2) is 10.5. The average Bonchev–Trinajstić information content (AvgIpc) is 2.66. The van der Waals surface area contributed by atoms with E-state index < -0.39 is 5.97 Å². The molecule has 0 aliphatic carbocycles. The Morgan fingerprint density at radius 1 is 1.04 bits per heavy atom. The summed E-state index contributed by atoms with van der Waals surface area (Å²) in [5.74, 6) is -0.590. The van der Waals surface area contributed by atoms with Gasteiger partial charge in [-0.3, -0.25) is 4.79 Å². The maximum Gasteiger partial charge on any atom is 0.344 e. The van der Waals surface area contributed by atoms with E-state index in [2.05, 4.69) is 5.32 Å². The van der Waals surface area contributed by atoms with E-state index in [-0.39, 0.29) is 25.2 Å². The number of rotatable bonds is 9. The number of nitrogens with one attached hydrogen (secondary N) is 1. The monoisotopic (exact) mass is 375 g/mol. The molecule has 0 spiro atoms. The van der Waals surface area contributed by atoms with E-state index in [4.69, 9.17) is 21.1 Å². The van der Waals surface area contributed by atoms with Crippen molar-refractivity contribution in [1.82, 2.24) is 5.32 Å². The number of carbonyl (C=O) groups excluding carboxylic acids is 2. The number of hydrogen-bond acceptors (Lipinski definition) is 4. The number of para-hydroxylation sites is 1. The molecule has 0 radical (unpaired) electrons. The number of halogens is 1. The van der Waals surface area contributed by atoms with E-state index in [1.807, 2.05) is 37.3 Å². The molecule has 0 aliphatic heterocycles. The van der Waals surface area contributed by atoms with Gasteiger partial charge in [0.15, 0.2) is 13.2 Å². The Balaban J connectivity index is 1.78. The van der Waals surface area contributed by atoms with Crippen molar-refractivity contribution in [2.24, 2.45) is 0 Å². The minimum absolute atomic E-state index is 0.105. The Labute approximate surface area is 158 Å². The van der Waals surface area contributed by atoms with Gasteiger partial charge in [0.1, 0.15) is 5.75 Å². The predicted octanol–water partition coefficient (Wildman–Crippen LogP) is 3.92. The second-order valence-corrected chi connectivity index (χ2v) is 6.11. The van der Waals surface area contributed by atoms with Gasteiger partial charge in [-0.2, -0.15) is 0 Å². The summed E-state index contributed by atoms with van der Waals surface area (Å²) < 4.78 is 10.2. The van der Waals surface area contributed by atoms with Gasteiger partial charge in [-0.25, -0.2) is 4.79 Å². The van der Waals surface area contributed by atoms with Crippen molar-refractivity contribution in [3.8, 4) is 5.75 Å². The topological polar surface area (TPSA) is 64.6 Å². The van der Waals surface area contributed by atoms with Gasteiger partial charge in [0, 0.05) is 0 Å². The maximum absolute atomic E-state index is 12.1. The van der Waals surface area contributed by atoms with Gasteiger partial charge >= 0.3 is 5.97 Å². The van der Waals surface area contributed by atoms with Crippen LogP contribution in [0, 0.1) is 0 Å². The molecule has 0 fully saturated rings. The van der Waals surface area contributed by atoms with Crippen LogP contribution in [0.1, 0.15) is 31.4 Å². The van der Waals surface area contributed by atoms with Crippen molar-refractivity contribution in [1.29, 1.82) is 0 Å². The lowest BCUT2D eigenvalue weighted by atomic mass is 10.0. The molecule has 5 nitrogen and oxygen atoms in total. The Kier molecular flexibility index (Phi) is 7.96. The third-order valence-corrected chi connectivity index (χ3v) is 3.97. The van der Waals surface area contributed by atoms with E-state index in [0.29, 0.717) is 10.8 Å². The summed E-state index contributed by atoms with van der Waals surface area (Å²) in [5, 5.41) is 3.30. The van der Waals surface area contributed by atoms with Crippen LogP contribution in [0.25, 0.3) is 0 Å². The minimum atomic E-state index is -0.633. The maximum atomic E-state index is 12.1. The number of amides is 1. The molecule has 1 N–H and O–H groups in total. The van der Waals surface area contributed by atoms with Gasteiger partial charge in [-0.1, -0.05) is 67.4 Å². The molecule has 0 aromatic heterocycles. The van der Waals surface area contributed by atoms with E-state index in [1.54, 1.807) is 24.3 Å². The molecule has 0 heterocycles. The molecular weight excluding hydrogens is 354 g/mol. The highest BCUT2D eigenvalue weighted by Crippen LogP contribution is 2.23. The van der Waals surface area contributed by atoms with Crippen molar-refractivity contribution >= 4 is 23.5 Å². The number of esters is 1. The lowest BCUT2D eigenvalue weighted by molar-refractivity contribution is -0.150. The lowest BCUT2D eigenvalue weighted by Crippen LogP contribution is -2.33. The second-order valence-electron chi connectivity index (χ2n) is 5.70. The zero-order chi connectivity index (χ0) is 18.8. The van der Waals surface area contributed by atoms with E-state index in [1.165, 1.54) is 0 Å². The van der Waals surface area contributed by atoms with Crippen LogP contribution in [0.2, 0.25) is 5.02 Å². The molecule has 138 valence electrons. The fourth-order valence-corrected chi connectivity index (χ4v) is 2.61. The summed E-state index contributed by atoms with van der Waals surface area (Å²) in [6.07, 6.45) is 1.73. The summed E-state index contributed by atoms with van der Waals surface area (Å²) in [4.78, 5) is 23.8. The van der Waals surface area contributed by atoms with Gasteiger partial charge in [-0.15, -0.1) is 0 Å². The third-order valence-electron chi connectivity index (χ3n) is 3.66. The molecule has 0 saturated carbocycles. The number of hydrogen-bond donors (Lipinski definition) is 1. The molecule has 2 aromatic rings. The van der Waals surface area contributed by atoms with Gasteiger partial charge in [-0.05, 0) is 24.1 Å². The van der Waals surface area contributed by atoms with Crippen molar-refractivity contribution < 1.29 is 19.1 Å². The smallest absolute Gasteiger partial charge is 0.344 e. The first-order valence-corrected chi connectivity index (χ1v) is 8.85. The Morgan fingerprint density at radius 2 is 1.73 bits per heavy atom. The molecule has 1 atom stereocenters. The molecule has 26 heavy (non-hydrogen) atoms. The van der Waals surface area contributed by atoms with Crippen molar-refractivity contribution in [2.45, 2.75) is 25.8 Å². The van der Waals surface area contributed by atoms with E-state index in [0.717, 1.165) is 18.4 Å². The summed E-state index contributed by atoms with van der Waals surface area (Å²) in [6.45, 7) is 1.39. The molecule has 6 heteroatoms. The fraction of sp³-hybridized carbons (Fsp3) is 0.300. The Morgan fingerprint density at radius 3 is 2.42 bits per heavy atom. The summed E-state index contributed by atoms with van der Waals surface area (Å²) in [7, 11) is 0. The average molecular weight is 376 g/mol. The van der Waals surface area contributed by atoms with Crippen LogP contribution in [-0.4, -0.2) is 25.1 Å². The molecule has 2 aromatic carbocycles. The van der Waals surface area contributed by atoms with E-state index in [9.17, 15) is 9.59 Å². The van der Waals surface area contributed by atoms with Crippen LogP contribution in [-0.2, 0) is 14.3 Å². The molecule has 0 bridgehead atoms. The van der Waals surface area contributed by atoms with Crippen LogP contribution < -0.4 is 10.1 Å². The summed E-state index contributed by atoms with van der Waals surface area (Å²) in [5.41, 5.74) is 1.02. The zero-order valence-electron chi connectivity index (χ0n) is 14.6. The van der Waals surface area contributed by atoms with Crippen molar-refractivity contribution in [3.05, 3.63) is 65.2 Å². The quantitative estimate of drug-likeness (QED) is 0.675. The van der Waals surface area contributed by atoms with Crippen molar-refractivity contribution in [2.75, 3.05) is 13.2 Å². The van der Waals surface area contributed by atoms with Crippen LogP contribution in [0.5, 0.6) is 5.75 Å². The Bertz CT molecular complexity index is 721. The van der Waals surface area contributed by atoms with Crippen LogP contribution in [0.15, 0.2) is 54.6 Å². The molecule has 1 amide bonds. The highest BCUT2D eigenvalue weighted by molar-refractivity contribution is 6.32. The first-order chi connectivity index (χ1) is 12.6. The molecule has 0 aliphatic rings. The first-order valence-electron chi connectivity index (χ1n) is 8.47. The zero-order valence-corrected chi connectivity index (χ0v) is 15.4. The minimum Gasteiger partial charge on any atom is -0.480 e. The predicted molar refractivity (Wildman–Crippen MR) is 100 cm³/mol. The van der Waals surface area contributed by atoms with Gasteiger partial charge in [0.2, 0.25) is 0 Å². The first kappa shape index (κ1) is 19.8. The molecule has 0 saturated heterocycles. The fourth-order valence-electron chi connectivity index (χ4n) is 2.42. The number of ether oxygens (including phenoxy) is 2. The SMILES string of the molecule is CCC[C@@H](NC(=O)COC(=O)COc1ccccc1Cl)c1ccccc1. The largest absolute Gasteiger partial charge is 0.480 e. The number of benzene rings is 2. The Hall–Kier alpha value is -2.53. The van der Waals surface area contributed by atoms with Gasteiger partial charge in [0.05, 0.1) is 11.1 Å². The van der Waals surface area contributed by atoms with Crippen LogP contribution in [0.4, 0.5) is 0 Å². The highest BCUT2D eigenvalue weighted by Gasteiger charge is 2.15. The summed E-state index contributed by atoms with van der Waals surface area (Å²) >= 11 is 5.94. The third kappa shape index (κ3) is 6.41. The molecule has 0 unspecified atom stereocenters. The number of carbonyl (C=O) groups is 2. The lowest BCUT2D eigenvalue weighted by Gasteiger charge is -2.18. The standard InChI is InChI=1S/C20H22ClNO4/c1-2-8-17(15-9-4-3-5-10-15)22-19(23)13-26-20(24)14-25-18-12-7-6-11-16(18)21/h3-7,9-12,17H,2,8,13-14H2,1H3,(H,22,23)/t17-/m1/s1. The molecular formula is C20H22ClNO4.